The van der Waals surface area contributed by atoms with Crippen LogP contribution in [0.2, 0.25) is 0 Å². The van der Waals surface area contributed by atoms with Crippen LogP contribution in [0.1, 0.15) is 13.8 Å². The number of rotatable bonds is 7. The summed E-state index contributed by atoms with van der Waals surface area (Å²) in [6.07, 6.45) is 1.59. The first-order valence-electron chi connectivity index (χ1n) is 4.88. The average molecular weight is 216 g/mol. The van der Waals surface area contributed by atoms with Gasteiger partial charge >= 0.3 is 0 Å². The number of carbonyl (C=O) groups is 1. The van der Waals surface area contributed by atoms with Gasteiger partial charge in [0.2, 0.25) is 5.91 Å². The fourth-order valence-electron chi connectivity index (χ4n) is 0.847. The van der Waals surface area contributed by atoms with E-state index in [-0.39, 0.29) is 19.1 Å². The summed E-state index contributed by atoms with van der Waals surface area (Å²) in [5.41, 5.74) is -1.20. The van der Waals surface area contributed by atoms with Crippen LogP contribution >= 0.6 is 0 Å². The SMILES string of the molecule is C=CCNC(=O)C(C)NCC(C)(O)CO. The third kappa shape index (κ3) is 6.22. The Kier molecular flexibility index (Phi) is 6.15. The van der Waals surface area contributed by atoms with Crippen molar-refractivity contribution in [3.8, 4) is 0 Å². The monoisotopic (exact) mass is 216 g/mol. The van der Waals surface area contributed by atoms with E-state index in [1.807, 2.05) is 0 Å². The zero-order valence-electron chi connectivity index (χ0n) is 9.29. The number of amides is 1. The second-order valence-electron chi connectivity index (χ2n) is 3.79. The molecule has 4 N–H and O–H groups in total. The summed E-state index contributed by atoms with van der Waals surface area (Å²) < 4.78 is 0. The van der Waals surface area contributed by atoms with Crippen LogP contribution in [0.5, 0.6) is 0 Å². The molecule has 0 aromatic rings. The molecule has 0 saturated carbocycles. The molecule has 0 spiro atoms. The number of carbonyl (C=O) groups excluding carboxylic acids is 1. The Labute approximate surface area is 90.2 Å². The molecule has 0 saturated heterocycles. The van der Waals surface area contributed by atoms with Crippen molar-refractivity contribution >= 4 is 5.91 Å². The molecule has 0 heterocycles. The summed E-state index contributed by atoms with van der Waals surface area (Å²) in [7, 11) is 0. The Morgan fingerprint density at radius 1 is 1.67 bits per heavy atom. The first kappa shape index (κ1) is 14.1. The highest BCUT2D eigenvalue weighted by Gasteiger charge is 2.21. The maximum absolute atomic E-state index is 11.3. The van der Waals surface area contributed by atoms with Gasteiger partial charge in [0.1, 0.15) is 0 Å². The van der Waals surface area contributed by atoms with E-state index >= 15 is 0 Å². The van der Waals surface area contributed by atoms with E-state index in [0.29, 0.717) is 6.54 Å². The average Bonchev–Trinajstić information content (AvgIpc) is 2.22. The standard InChI is InChI=1S/C10H20N2O3/c1-4-5-11-9(14)8(2)12-6-10(3,15)7-13/h4,8,12-13,15H,1,5-7H2,2-3H3,(H,11,14). The van der Waals surface area contributed by atoms with Gasteiger partial charge in [0.05, 0.1) is 18.2 Å². The summed E-state index contributed by atoms with van der Waals surface area (Å²) in [5.74, 6) is -0.163. The lowest BCUT2D eigenvalue weighted by atomic mass is 10.1. The molecular weight excluding hydrogens is 196 g/mol. The third-order valence-electron chi connectivity index (χ3n) is 1.94. The molecule has 5 nitrogen and oxygen atoms in total. The fraction of sp³-hybridized carbons (Fsp3) is 0.700. The van der Waals surface area contributed by atoms with E-state index < -0.39 is 11.6 Å². The van der Waals surface area contributed by atoms with Crippen molar-refractivity contribution in [1.29, 1.82) is 0 Å². The maximum Gasteiger partial charge on any atom is 0.237 e. The summed E-state index contributed by atoms with van der Waals surface area (Å²) >= 11 is 0. The van der Waals surface area contributed by atoms with Crippen LogP contribution in [-0.4, -0.2) is 47.5 Å². The van der Waals surface area contributed by atoms with Gasteiger partial charge in [-0.05, 0) is 13.8 Å². The molecule has 0 bridgehead atoms. The van der Waals surface area contributed by atoms with Crippen molar-refractivity contribution < 1.29 is 15.0 Å². The molecule has 0 rings (SSSR count). The Morgan fingerprint density at radius 2 is 2.27 bits per heavy atom. The predicted octanol–water partition coefficient (Wildman–Crippen LogP) is -0.990. The predicted molar refractivity (Wildman–Crippen MR) is 58.4 cm³/mol. The largest absolute Gasteiger partial charge is 0.393 e. The van der Waals surface area contributed by atoms with E-state index in [0.717, 1.165) is 0 Å². The van der Waals surface area contributed by atoms with E-state index in [1.54, 1.807) is 13.0 Å². The van der Waals surface area contributed by atoms with Gasteiger partial charge in [-0.2, -0.15) is 0 Å². The number of aliphatic hydroxyl groups is 2. The highest BCUT2D eigenvalue weighted by atomic mass is 16.3. The van der Waals surface area contributed by atoms with Crippen LogP contribution in [0.4, 0.5) is 0 Å². The first-order valence-corrected chi connectivity index (χ1v) is 4.88. The van der Waals surface area contributed by atoms with Gasteiger partial charge in [0, 0.05) is 13.1 Å². The van der Waals surface area contributed by atoms with Crippen LogP contribution < -0.4 is 10.6 Å². The van der Waals surface area contributed by atoms with Crippen molar-refractivity contribution in [2.24, 2.45) is 0 Å². The zero-order valence-corrected chi connectivity index (χ0v) is 9.29. The molecule has 1 amide bonds. The molecule has 0 fully saturated rings. The smallest absolute Gasteiger partial charge is 0.237 e. The van der Waals surface area contributed by atoms with Crippen molar-refractivity contribution in [3.05, 3.63) is 12.7 Å². The van der Waals surface area contributed by atoms with Gasteiger partial charge in [-0.15, -0.1) is 6.58 Å². The fourth-order valence-corrected chi connectivity index (χ4v) is 0.847. The summed E-state index contributed by atoms with van der Waals surface area (Å²) in [6.45, 7) is 6.89. The molecule has 15 heavy (non-hydrogen) atoms. The number of hydrogen-bond donors (Lipinski definition) is 4. The van der Waals surface area contributed by atoms with E-state index in [2.05, 4.69) is 17.2 Å². The van der Waals surface area contributed by atoms with Crippen molar-refractivity contribution in [1.82, 2.24) is 10.6 Å². The van der Waals surface area contributed by atoms with E-state index in [9.17, 15) is 9.90 Å². The van der Waals surface area contributed by atoms with Crippen LogP contribution in [0.3, 0.4) is 0 Å². The number of aliphatic hydroxyl groups excluding tert-OH is 1. The lowest BCUT2D eigenvalue weighted by molar-refractivity contribution is -0.122. The molecule has 0 aromatic carbocycles. The number of nitrogens with one attached hydrogen (secondary N) is 2. The topological polar surface area (TPSA) is 81.6 Å². The van der Waals surface area contributed by atoms with Crippen molar-refractivity contribution in [2.45, 2.75) is 25.5 Å². The Bertz CT molecular complexity index is 217. The molecule has 0 aromatic heterocycles. The molecule has 0 aliphatic carbocycles. The minimum Gasteiger partial charge on any atom is -0.393 e. The van der Waals surface area contributed by atoms with E-state index in [1.165, 1.54) is 6.92 Å². The molecular formula is C10H20N2O3. The Hall–Kier alpha value is -0.910. The van der Waals surface area contributed by atoms with Gasteiger partial charge < -0.3 is 20.8 Å². The molecule has 5 heteroatoms. The first-order chi connectivity index (χ1) is 6.93. The van der Waals surface area contributed by atoms with E-state index in [4.69, 9.17) is 5.11 Å². The van der Waals surface area contributed by atoms with Crippen LogP contribution in [0, 0.1) is 0 Å². The van der Waals surface area contributed by atoms with Gasteiger partial charge in [0.25, 0.3) is 0 Å². The molecule has 0 aliphatic rings. The minimum atomic E-state index is -1.20. The molecule has 0 aliphatic heterocycles. The van der Waals surface area contributed by atoms with Gasteiger partial charge in [-0.25, -0.2) is 0 Å². The Morgan fingerprint density at radius 3 is 2.73 bits per heavy atom. The third-order valence-corrected chi connectivity index (χ3v) is 1.94. The van der Waals surface area contributed by atoms with Crippen molar-refractivity contribution in [3.63, 3.8) is 0 Å². The normalized spacial score (nSPS) is 16.5. The highest BCUT2D eigenvalue weighted by Crippen LogP contribution is 1.99. The van der Waals surface area contributed by atoms with Crippen LogP contribution in [0.25, 0.3) is 0 Å². The second kappa shape index (κ2) is 6.55. The lowest BCUT2D eigenvalue weighted by Crippen LogP contribution is -2.49. The lowest BCUT2D eigenvalue weighted by Gasteiger charge is -2.23. The zero-order chi connectivity index (χ0) is 11.9. The summed E-state index contributed by atoms with van der Waals surface area (Å²) in [6, 6.07) is -0.414. The maximum atomic E-state index is 11.3. The van der Waals surface area contributed by atoms with Crippen molar-refractivity contribution in [2.75, 3.05) is 19.7 Å². The minimum absolute atomic E-state index is 0.159. The summed E-state index contributed by atoms with van der Waals surface area (Å²) in [4.78, 5) is 11.3. The van der Waals surface area contributed by atoms with Gasteiger partial charge in [-0.1, -0.05) is 6.08 Å². The quantitative estimate of drug-likeness (QED) is 0.412. The molecule has 2 atom stereocenters. The van der Waals surface area contributed by atoms with Gasteiger partial charge in [0.15, 0.2) is 0 Å². The molecule has 0 radical (unpaired) electrons. The second-order valence-corrected chi connectivity index (χ2v) is 3.79. The van der Waals surface area contributed by atoms with Crippen LogP contribution in [-0.2, 0) is 4.79 Å². The summed E-state index contributed by atoms with van der Waals surface area (Å²) in [5, 5.41) is 23.7. The van der Waals surface area contributed by atoms with Crippen LogP contribution in [0.15, 0.2) is 12.7 Å². The molecule has 2 unspecified atom stereocenters. The molecule has 88 valence electrons. The Balaban J connectivity index is 3.87. The van der Waals surface area contributed by atoms with Gasteiger partial charge in [-0.3, -0.25) is 4.79 Å². The number of hydrogen-bond acceptors (Lipinski definition) is 4. The highest BCUT2D eigenvalue weighted by molar-refractivity contribution is 5.81.